The normalized spacial score (nSPS) is 25.8. The Balaban J connectivity index is 2.17. The summed E-state index contributed by atoms with van der Waals surface area (Å²) in [5, 5.41) is 12.6. The molecule has 1 aliphatic rings. The number of nitrogens with one attached hydrogen (secondary N) is 1. The van der Waals surface area contributed by atoms with Crippen LogP contribution in [-0.2, 0) is 9.53 Å². The Kier molecular flexibility index (Phi) is 5.77. The van der Waals surface area contributed by atoms with Gasteiger partial charge in [-0.1, -0.05) is 12.8 Å². The highest BCUT2D eigenvalue weighted by molar-refractivity contribution is 5.76. The zero-order valence-corrected chi connectivity index (χ0v) is 10.2. The third-order valence-corrected chi connectivity index (χ3v) is 2.86. The van der Waals surface area contributed by atoms with Gasteiger partial charge in [0, 0.05) is 6.42 Å². The monoisotopic (exact) mass is 229 g/mol. The first-order valence-electron chi connectivity index (χ1n) is 6.18. The largest absolute Gasteiger partial charge is 0.391 e. The van der Waals surface area contributed by atoms with Gasteiger partial charge in [0.15, 0.2) is 0 Å². The van der Waals surface area contributed by atoms with Crippen molar-refractivity contribution < 1.29 is 14.6 Å². The molecule has 1 fully saturated rings. The topological polar surface area (TPSA) is 58.6 Å². The van der Waals surface area contributed by atoms with Gasteiger partial charge in [-0.15, -0.1) is 0 Å². The minimum absolute atomic E-state index is 0.0217. The maximum Gasteiger partial charge on any atom is 0.222 e. The fraction of sp³-hybridized carbons (Fsp3) is 0.917. The lowest BCUT2D eigenvalue weighted by molar-refractivity contribution is -0.124. The van der Waals surface area contributed by atoms with Gasteiger partial charge in [0.05, 0.1) is 24.9 Å². The van der Waals surface area contributed by atoms with E-state index in [9.17, 15) is 9.90 Å². The van der Waals surface area contributed by atoms with E-state index in [1.807, 2.05) is 13.8 Å². The molecule has 1 aliphatic carbocycles. The van der Waals surface area contributed by atoms with Crippen LogP contribution in [0.5, 0.6) is 0 Å². The smallest absolute Gasteiger partial charge is 0.222 e. The van der Waals surface area contributed by atoms with E-state index in [-0.39, 0.29) is 24.2 Å². The molecule has 2 N–H and O–H groups in total. The Labute approximate surface area is 97.4 Å². The highest BCUT2D eigenvalue weighted by Gasteiger charge is 2.24. The van der Waals surface area contributed by atoms with Crippen molar-refractivity contribution in [1.82, 2.24) is 5.32 Å². The number of carbonyl (C=O) groups is 1. The average Bonchev–Trinajstić information content (AvgIpc) is 2.21. The summed E-state index contributed by atoms with van der Waals surface area (Å²) in [5.41, 5.74) is 0. The van der Waals surface area contributed by atoms with Crippen LogP contribution in [0.4, 0.5) is 0 Å². The molecule has 1 saturated carbocycles. The molecule has 0 unspecified atom stereocenters. The summed E-state index contributed by atoms with van der Waals surface area (Å²) in [6, 6.07) is -0.0553. The van der Waals surface area contributed by atoms with Crippen LogP contribution in [0.1, 0.15) is 46.0 Å². The average molecular weight is 229 g/mol. The highest BCUT2D eigenvalue weighted by atomic mass is 16.5. The van der Waals surface area contributed by atoms with Gasteiger partial charge in [-0.05, 0) is 26.7 Å². The Morgan fingerprint density at radius 3 is 2.75 bits per heavy atom. The summed E-state index contributed by atoms with van der Waals surface area (Å²) >= 11 is 0. The van der Waals surface area contributed by atoms with Crippen molar-refractivity contribution in [2.75, 3.05) is 6.61 Å². The van der Waals surface area contributed by atoms with Crippen molar-refractivity contribution in [3.8, 4) is 0 Å². The second-order valence-corrected chi connectivity index (χ2v) is 4.70. The van der Waals surface area contributed by atoms with Gasteiger partial charge in [0.1, 0.15) is 0 Å². The predicted molar refractivity (Wildman–Crippen MR) is 62.1 cm³/mol. The molecule has 0 aliphatic heterocycles. The molecule has 0 aromatic carbocycles. The molecule has 0 aromatic rings. The lowest BCUT2D eigenvalue weighted by atomic mass is 9.92. The SMILES string of the molecule is CC(C)OCCC(=O)N[C@@H]1CCCC[C@H]1O. The minimum Gasteiger partial charge on any atom is -0.391 e. The maximum atomic E-state index is 11.5. The van der Waals surface area contributed by atoms with E-state index in [1.165, 1.54) is 0 Å². The van der Waals surface area contributed by atoms with Gasteiger partial charge in [0.2, 0.25) is 5.91 Å². The number of aliphatic hydroxyl groups excluding tert-OH is 1. The van der Waals surface area contributed by atoms with Gasteiger partial charge < -0.3 is 15.2 Å². The molecule has 0 spiro atoms. The van der Waals surface area contributed by atoms with Crippen LogP contribution in [0.25, 0.3) is 0 Å². The first-order valence-corrected chi connectivity index (χ1v) is 6.18. The lowest BCUT2D eigenvalue weighted by Crippen LogP contribution is -2.45. The van der Waals surface area contributed by atoms with Gasteiger partial charge in [-0.25, -0.2) is 0 Å². The second kappa shape index (κ2) is 6.86. The number of rotatable bonds is 5. The zero-order chi connectivity index (χ0) is 12.0. The van der Waals surface area contributed by atoms with Gasteiger partial charge in [-0.2, -0.15) is 0 Å². The van der Waals surface area contributed by atoms with Crippen LogP contribution in [0.15, 0.2) is 0 Å². The number of amides is 1. The highest BCUT2D eigenvalue weighted by Crippen LogP contribution is 2.18. The van der Waals surface area contributed by atoms with Gasteiger partial charge in [-0.3, -0.25) is 4.79 Å². The van der Waals surface area contributed by atoms with Crippen LogP contribution in [0, 0.1) is 0 Å². The number of ether oxygens (including phenoxy) is 1. The molecule has 0 heterocycles. The van der Waals surface area contributed by atoms with Crippen molar-refractivity contribution in [2.24, 2.45) is 0 Å². The molecular formula is C12H23NO3. The van der Waals surface area contributed by atoms with Crippen molar-refractivity contribution in [3.05, 3.63) is 0 Å². The van der Waals surface area contributed by atoms with E-state index in [4.69, 9.17) is 4.74 Å². The Morgan fingerprint density at radius 2 is 2.12 bits per heavy atom. The number of hydrogen-bond donors (Lipinski definition) is 2. The van der Waals surface area contributed by atoms with Crippen molar-refractivity contribution in [2.45, 2.75) is 64.2 Å². The van der Waals surface area contributed by atoms with E-state index >= 15 is 0 Å². The van der Waals surface area contributed by atoms with Gasteiger partial charge in [0.25, 0.3) is 0 Å². The van der Waals surface area contributed by atoms with Crippen LogP contribution < -0.4 is 5.32 Å². The number of carbonyl (C=O) groups excluding carboxylic acids is 1. The molecule has 2 atom stereocenters. The first kappa shape index (κ1) is 13.5. The maximum absolute atomic E-state index is 11.5. The summed E-state index contributed by atoms with van der Waals surface area (Å²) < 4.78 is 5.31. The lowest BCUT2D eigenvalue weighted by Gasteiger charge is -2.28. The third-order valence-electron chi connectivity index (χ3n) is 2.86. The molecule has 16 heavy (non-hydrogen) atoms. The molecule has 94 valence electrons. The Bertz CT molecular complexity index is 218. The van der Waals surface area contributed by atoms with E-state index in [1.54, 1.807) is 0 Å². The van der Waals surface area contributed by atoms with Crippen molar-refractivity contribution >= 4 is 5.91 Å². The molecule has 0 bridgehead atoms. The summed E-state index contributed by atoms with van der Waals surface area (Å²) in [6.45, 7) is 4.35. The summed E-state index contributed by atoms with van der Waals surface area (Å²) in [4.78, 5) is 11.5. The van der Waals surface area contributed by atoms with Crippen LogP contribution >= 0.6 is 0 Å². The summed E-state index contributed by atoms with van der Waals surface area (Å²) in [7, 11) is 0. The third kappa shape index (κ3) is 4.94. The molecule has 1 amide bonds. The molecular weight excluding hydrogens is 206 g/mol. The van der Waals surface area contributed by atoms with Crippen LogP contribution in [0.3, 0.4) is 0 Å². The number of aliphatic hydroxyl groups is 1. The molecule has 0 saturated heterocycles. The molecule has 4 heteroatoms. The molecule has 0 aromatic heterocycles. The summed E-state index contributed by atoms with van der Waals surface area (Å²) in [5.74, 6) is -0.0217. The zero-order valence-electron chi connectivity index (χ0n) is 10.2. The van der Waals surface area contributed by atoms with Gasteiger partial charge >= 0.3 is 0 Å². The fourth-order valence-electron chi connectivity index (χ4n) is 1.95. The quantitative estimate of drug-likeness (QED) is 0.745. The fourth-order valence-corrected chi connectivity index (χ4v) is 1.95. The molecule has 1 rings (SSSR count). The predicted octanol–water partition coefficient (Wildman–Crippen LogP) is 1.22. The molecule has 0 radical (unpaired) electrons. The second-order valence-electron chi connectivity index (χ2n) is 4.70. The van der Waals surface area contributed by atoms with E-state index in [2.05, 4.69) is 5.32 Å². The van der Waals surface area contributed by atoms with Crippen molar-refractivity contribution in [3.63, 3.8) is 0 Å². The van der Waals surface area contributed by atoms with E-state index < -0.39 is 0 Å². The van der Waals surface area contributed by atoms with E-state index in [0.29, 0.717) is 13.0 Å². The van der Waals surface area contributed by atoms with Crippen LogP contribution in [0.2, 0.25) is 0 Å². The first-order chi connectivity index (χ1) is 7.59. The molecule has 4 nitrogen and oxygen atoms in total. The minimum atomic E-state index is -0.372. The Hall–Kier alpha value is -0.610. The van der Waals surface area contributed by atoms with Crippen molar-refractivity contribution in [1.29, 1.82) is 0 Å². The van der Waals surface area contributed by atoms with E-state index in [0.717, 1.165) is 25.7 Å². The summed E-state index contributed by atoms with van der Waals surface area (Å²) in [6.07, 6.45) is 4.00. The Morgan fingerprint density at radius 1 is 1.44 bits per heavy atom. The van der Waals surface area contributed by atoms with Crippen LogP contribution in [-0.4, -0.2) is 35.9 Å². The standard InChI is InChI=1S/C12H23NO3/c1-9(2)16-8-7-12(15)13-10-5-3-4-6-11(10)14/h9-11,14H,3-8H2,1-2H3,(H,13,15)/t10-,11-/m1/s1. The number of hydrogen-bond acceptors (Lipinski definition) is 3.